The predicted molar refractivity (Wildman–Crippen MR) is 124 cm³/mol. The van der Waals surface area contributed by atoms with Gasteiger partial charge in [0.05, 0.1) is 43.3 Å². The van der Waals surface area contributed by atoms with E-state index in [1.807, 2.05) is 7.05 Å². The van der Waals surface area contributed by atoms with Crippen LogP contribution < -0.4 is 0 Å². The Bertz CT molecular complexity index is 1030. The van der Waals surface area contributed by atoms with E-state index in [-0.39, 0.29) is 0 Å². The summed E-state index contributed by atoms with van der Waals surface area (Å²) in [4.78, 5) is 2.15. The number of nitrogens with zero attached hydrogens (tertiary/aromatic N) is 3. The normalized spacial score (nSPS) is 20.4. The van der Waals surface area contributed by atoms with Gasteiger partial charge in [-0.05, 0) is 19.2 Å². The van der Waals surface area contributed by atoms with Crippen molar-refractivity contribution in [3.8, 4) is 5.75 Å². The molecule has 0 atom stereocenters. The van der Waals surface area contributed by atoms with Crippen molar-refractivity contribution in [1.29, 1.82) is 0 Å². The number of fused-ring (bicyclic) bond motifs is 6. The third kappa shape index (κ3) is 4.06. The summed E-state index contributed by atoms with van der Waals surface area (Å²) in [5.74, 6) is 0.396. The van der Waals surface area contributed by atoms with E-state index in [2.05, 4.69) is 45.2 Å². The standard InChI is InChI=1S/C23H29Cl3N3O/c1-27-8-15-6-14-7-16(23(15)30)11-29(4,5)13-19-21(25)17(9-27)20(24)18(22(19)26)12-28(2,3)10-14/h6-7H,8-13H2,1-5H3/q+1/p+1. The number of benzene rings is 2. The summed E-state index contributed by atoms with van der Waals surface area (Å²) in [5.41, 5.74) is 6.00. The molecule has 30 heavy (non-hydrogen) atoms. The quantitative estimate of drug-likeness (QED) is 0.537. The van der Waals surface area contributed by atoms with Gasteiger partial charge in [-0.2, -0.15) is 0 Å². The molecular weight excluding hydrogens is 441 g/mol. The molecule has 0 spiro atoms. The summed E-state index contributed by atoms with van der Waals surface area (Å²) < 4.78 is 1.34. The summed E-state index contributed by atoms with van der Waals surface area (Å²) >= 11 is 20.9. The van der Waals surface area contributed by atoms with Gasteiger partial charge in [0.2, 0.25) is 0 Å². The number of phenolic OH excluding ortho intramolecular Hbond substituents is 1. The molecule has 3 heterocycles. The Labute approximate surface area is 194 Å². The number of hydrogen-bond acceptors (Lipinski definition) is 2. The van der Waals surface area contributed by atoms with Gasteiger partial charge >= 0.3 is 0 Å². The zero-order valence-corrected chi connectivity index (χ0v) is 20.6. The van der Waals surface area contributed by atoms with Crippen molar-refractivity contribution in [1.82, 2.24) is 4.90 Å². The molecule has 162 valence electrons. The molecule has 3 aliphatic heterocycles. The van der Waals surface area contributed by atoms with Gasteiger partial charge in [-0.3, -0.25) is 4.90 Å². The van der Waals surface area contributed by atoms with Crippen LogP contribution in [-0.4, -0.2) is 54.2 Å². The van der Waals surface area contributed by atoms with Gasteiger partial charge in [0.15, 0.2) is 0 Å². The number of halogens is 3. The van der Waals surface area contributed by atoms with Crippen LogP contribution in [0.3, 0.4) is 0 Å². The Hall–Kier alpha value is -1.01. The maximum atomic E-state index is 11.1. The highest BCUT2D eigenvalue weighted by Gasteiger charge is 2.33. The highest BCUT2D eigenvalue weighted by atomic mass is 35.5. The minimum absolute atomic E-state index is 0.396. The Balaban J connectivity index is 2.08. The Kier molecular flexibility index (Phi) is 5.58. The molecule has 4 nitrogen and oxygen atoms in total. The van der Waals surface area contributed by atoms with Crippen LogP contribution in [0.2, 0.25) is 15.1 Å². The largest absolute Gasteiger partial charge is 0.507 e. The van der Waals surface area contributed by atoms with E-state index >= 15 is 0 Å². The van der Waals surface area contributed by atoms with E-state index in [1.54, 1.807) is 0 Å². The minimum Gasteiger partial charge on any atom is -0.507 e. The highest BCUT2D eigenvalue weighted by molar-refractivity contribution is 6.41. The second-order valence-corrected chi connectivity index (χ2v) is 11.5. The summed E-state index contributed by atoms with van der Waals surface area (Å²) in [6, 6.07) is 4.31. The Morgan fingerprint density at radius 1 is 0.733 bits per heavy atom. The summed E-state index contributed by atoms with van der Waals surface area (Å²) in [7, 11) is 10.7. The van der Waals surface area contributed by atoms with Crippen LogP contribution in [0.4, 0.5) is 0 Å². The monoisotopic (exact) mass is 469 g/mol. The van der Waals surface area contributed by atoms with Crippen molar-refractivity contribution in [2.45, 2.75) is 39.3 Å². The van der Waals surface area contributed by atoms with Crippen LogP contribution in [0, 0.1) is 0 Å². The lowest BCUT2D eigenvalue weighted by molar-refractivity contribution is -0.918. The number of hydrogen-bond donors (Lipinski definition) is 1. The molecule has 2 aromatic carbocycles. The second-order valence-electron chi connectivity index (χ2n) is 10.3. The van der Waals surface area contributed by atoms with Crippen molar-refractivity contribution in [3.63, 3.8) is 0 Å². The zero-order valence-electron chi connectivity index (χ0n) is 18.3. The maximum Gasteiger partial charge on any atom is 0.128 e. The first-order chi connectivity index (χ1) is 13.9. The average molecular weight is 471 g/mol. The molecular formula is C23H30Cl3N3O+2. The first-order valence-electron chi connectivity index (χ1n) is 10.2. The van der Waals surface area contributed by atoms with Crippen LogP contribution in [0.15, 0.2) is 12.1 Å². The number of rotatable bonds is 0. The molecule has 0 saturated heterocycles. The lowest BCUT2D eigenvalue weighted by Crippen LogP contribution is -2.41. The SMILES string of the molecule is CN1Cc2cc3cc(c2O)C[N+](C)(C)Cc2c(Cl)c(c(Cl)c(c2Cl)C[N+](C)(C)C3)C1. The van der Waals surface area contributed by atoms with Crippen LogP contribution in [-0.2, 0) is 39.3 Å². The highest BCUT2D eigenvalue weighted by Crippen LogP contribution is 2.43. The molecule has 0 aliphatic carbocycles. The molecule has 0 unspecified atom stereocenters. The van der Waals surface area contributed by atoms with Crippen molar-refractivity contribution in [2.75, 3.05) is 35.2 Å². The van der Waals surface area contributed by atoms with Crippen LogP contribution in [0.5, 0.6) is 5.75 Å². The fourth-order valence-electron chi connectivity index (χ4n) is 4.96. The van der Waals surface area contributed by atoms with Gasteiger partial charge < -0.3 is 14.1 Å². The maximum absolute atomic E-state index is 11.1. The third-order valence-corrected chi connectivity index (χ3v) is 7.54. The van der Waals surface area contributed by atoms with Gasteiger partial charge in [-0.25, -0.2) is 0 Å². The summed E-state index contributed by atoms with van der Waals surface area (Å²) in [5, 5.41) is 13.1. The van der Waals surface area contributed by atoms with E-state index in [9.17, 15) is 5.11 Å². The molecule has 1 N–H and O–H groups in total. The van der Waals surface area contributed by atoms with E-state index in [1.165, 1.54) is 5.56 Å². The van der Waals surface area contributed by atoms with Crippen LogP contribution in [0.1, 0.15) is 33.4 Å². The minimum atomic E-state index is 0.396. The van der Waals surface area contributed by atoms with Crippen molar-refractivity contribution < 1.29 is 14.1 Å². The lowest BCUT2D eigenvalue weighted by atomic mass is 9.97. The van der Waals surface area contributed by atoms with E-state index in [4.69, 9.17) is 34.8 Å². The van der Waals surface area contributed by atoms with Gasteiger partial charge in [0.1, 0.15) is 31.9 Å². The Morgan fingerprint density at radius 3 is 1.83 bits per heavy atom. The van der Waals surface area contributed by atoms with Crippen LogP contribution >= 0.6 is 34.8 Å². The zero-order chi connectivity index (χ0) is 22.0. The third-order valence-electron chi connectivity index (χ3n) is 6.17. The second kappa shape index (κ2) is 7.54. The van der Waals surface area contributed by atoms with Gasteiger partial charge in [0.25, 0.3) is 0 Å². The molecule has 0 saturated carbocycles. The molecule has 0 aromatic heterocycles. The molecule has 0 amide bonds. The first kappa shape index (κ1) is 22.2. The van der Waals surface area contributed by atoms with E-state index < -0.39 is 0 Å². The van der Waals surface area contributed by atoms with Crippen molar-refractivity contribution >= 4 is 34.8 Å². The molecule has 7 heteroatoms. The number of phenols is 1. The molecule has 3 aliphatic rings. The van der Waals surface area contributed by atoms with E-state index in [0.29, 0.717) is 62.5 Å². The fourth-order valence-corrected chi connectivity index (χ4v) is 6.03. The van der Waals surface area contributed by atoms with Crippen molar-refractivity contribution in [3.05, 3.63) is 60.6 Å². The predicted octanol–water partition coefficient (Wildman–Crippen LogP) is 5.16. The summed E-state index contributed by atoms with van der Waals surface area (Å²) in [6.07, 6.45) is 0. The summed E-state index contributed by atoms with van der Waals surface area (Å²) in [6.45, 7) is 4.08. The number of quaternary nitrogens is 2. The van der Waals surface area contributed by atoms with Gasteiger partial charge in [0, 0.05) is 46.5 Å². The lowest BCUT2D eigenvalue weighted by Gasteiger charge is -2.36. The van der Waals surface area contributed by atoms with Crippen LogP contribution in [0.25, 0.3) is 0 Å². The Morgan fingerprint density at radius 2 is 1.23 bits per heavy atom. The number of aromatic hydroxyl groups is 1. The molecule has 0 fully saturated rings. The fraction of sp³-hybridized carbons (Fsp3) is 0.478. The molecule has 6 bridgehead atoms. The molecule has 0 radical (unpaired) electrons. The average Bonchev–Trinajstić information content (AvgIpc) is 2.61. The van der Waals surface area contributed by atoms with Gasteiger partial charge in [-0.1, -0.05) is 34.8 Å². The first-order valence-corrected chi connectivity index (χ1v) is 11.3. The molecule has 2 aromatic rings. The van der Waals surface area contributed by atoms with E-state index in [0.717, 1.165) is 34.4 Å². The van der Waals surface area contributed by atoms with Gasteiger partial charge in [-0.15, -0.1) is 0 Å². The van der Waals surface area contributed by atoms with Crippen molar-refractivity contribution in [2.24, 2.45) is 0 Å². The smallest absolute Gasteiger partial charge is 0.128 e. The topological polar surface area (TPSA) is 23.5 Å². The molecule has 5 rings (SSSR count).